The lowest BCUT2D eigenvalue weighted by Gasteiger charge is -2.07. The number of imidazole rings is 1. The summed E-state index contributed by atoms with van der Waals surface area (Å²) in [6.07, 6.45) is 3.07. The molecule has 19 heavy (non-hydrogen) atoms. The van der Waals surface area contributed by atoms with E-state index >= 15 is 0 Å². The predicted molar refractivity (Wildman–Crippen MR) is 69.4 cm³/mol. The second-order valence-corrected chi connectivity index (χ2v) is 6.05. The molecule has 3 rings (SSSR count). The van der Waals surface area contributed by atoms with Crippen molar-refractivity contribution in [1.82, 2.24) is 19.4 Å². The molecular formula is C12H14N4O2S. The van der Waals surface area contributed by atoms with Crippen LogP contribution < -0.4 is 4.83 Å². The third kappa shape index (κ3) is 2.40. The lowest BCUT2D eigenvalue weighted by molar-refractivity contribution is 0.447. The molecule has 1 aliphatic heterocycles. The average molecular weight is 278 g/mol. The standard InChI is InChI=1S/C12H14N4O2S/c1-15-8-7-13-12(15)19(17,18)14-16-9-11(16)10-5-3-2-4-6-10/h2-8,11,14H,9H2,1H3. The van der Waals surface area contributed by atoms with E-state index in [0.717, 1.165) is 5.56 Å². The van der Waals surface area contributed by atoms with Gasteiger partial charge in [-0.3, -0.25) is 0 Å². The summed E-state index contributed by atoms with van der Waals surface area (Å²) in [5.41, 5.74) is 1.10. The topological polar surface area (TPSA) is 67.0 Å². The highest BCUT2D eigenvalue weighted by atomic mass is 32.2. The molecule has 7 heteroatoms. The molecule has 1 aliphatic rings. The molecule has 0 amide bonds. The lowest BCUT2D eigenvalue weighted by atomic mass is 10.2. The van der Waals surface area contributed by atoms with Gasteiger partial charge in [0.05, 0.1) is 6.04 Å². The summed E-state index contributed by atoms with van der Waals surface area (Å²) in [4.78, 5) is 6.40. The Kier molecular flexibility index (Phi) is 2.89. The van der Waals surface area contributed by atoms with Crippen LogP contribution in [0.25, 0.3) is 0 Å². The van der Waals surface area contributed by atoms with Crippen molar-refractivity contribution in [3.8, 4) is 0 Å². The molecule has 2 heterocycles. The minimum Gasteiger partial charge on any atom is -0.324 e. The van der Waals surface area contributed by atoms with Crippen LogP contribution >= 0.6 is 0 Å². The van der Waals surface area contributed by atoms with Crippen molar-refractivity contribution in [2.24, 2.45) is 7.05 Å². The van der Waals surface area contributed by atoms with Crippen molar-refractivity contribution in [2.45, 2.75) is 11.2 Å². The van der Waals surface area contributed by atoms with Crippen LogP contribution in [0.15, 0.2) is 47.9 Å². The van der Waals surface area contributed by atoms with Crippen LogP contribution in [0.3, 0.4) is 0 Å². The maximum Gasteiger partial charge on any atom is 0.287 e. The van der Waals surface area contributed by atoms with Gasteiger partial charge in [-0.25, -0.2) is 18.4 Å². The number of aromatic nitrogens is 2. The predicted octanol–water partition coefficient (Wildman–Crippen LogP) is 0.670. The molecule has 1 aromatic heterocycles. The first-order valence-corrected chi connectivity index (χ1v) is 7.37. The molecule has 0 bridgehead atoms. The summed E-state index contributed by atoms with van der Waals surface area (Å²) in [6.45, 7) is 0.674. The van der Waals surface area contributed by atoms with Crippen LogP contribution in [0, 0.1) is 0 Å². The van der Waals surface area contributed by atoms with Crippen molar-refractivity contribution in [3.05, 3.63) is 48.3 Å². The van der Waals surface area contributed by atoms with Gasteiger partial charge in [0.15, 0.2) is 0 Å². The Morgan fingerprint density at radius 1 is 1.32 bits per heavy atom. The monoisotopic (exact) mass is 278 g/mol. The van der Waals surface area contributed by atoms with Gasteiger partial charge in [-0.15, -0.1) is 4.83 Å². The first kappa shape index (κ1) is 12.3. The first-order chi connectivity index (χ1) is 9.08. The van der Waals surface area contributed by atoms with Crippen molar-refractivity contribution in [3.63, 3.8) is 0 Å². The molecule has 0 saturated carbocycles. The Balaban J connectivity index is 1.73. The molecular weight excluding hydrogens is 264 g/mol. The van der Waals surface area contributed by atoms with Crippen LogP contribution in [0.5, 0.6) is 0 Å². The van der Waals surface area contributed by atoms with Gasteiger partial charge in [0.1, 0.15) is 0 Å². The van der Waals surface area contributed by atoms with Crippen LogP contribution in [-0.2, 0) is 17.1 Å². The van der Waals surface area contributed by atoms with Crippen molar-refractivity contribution >= 4 is 10.0 Å². The van der Waals surface area contributed by atoms with E-state index in [2.05, 4.69) is 9.82 Å². The molecule has 100 valence electrons. The van der Waals surface area contributed by atoms with Gasteiger partial charge < -0.3 is 4.57 Å². The number of nitrogens with zero attached hydrogens (tertiary/aromatic N) is 3. The Bertz CT molecular complexity index is 681. The Morgan fingerprint density at radius 2 is 2.05 bits per heavy atom. The second kappa shape index (κ2) is 4.44. The Hall–Kier alpha value is -1.70. The molecule has 0 spiro atoms. The molecule has 2 aromatic rings. The number of hydrazine groups is 1. The maximum absolute atomic E-state index is 12.1. The van der Waals surface area contributed by atoms with E-state index in [9.17, 15) is 8.42 Å². The number of sulfonamides is 1. The Morgan fingerprint density at radius 3 is 2.68 bits per heavy atom. The number of nitrogens with one attached hydrogen (secondary N) is 1. The van der Waals surface area contributed by atoms with Crippen molar-refractivity contribution in [2.75, 3.05) is 6.54 Å². The fraction of sp³-hybridized carbons (Fsp3) is 0.250. The highest BCUT2D eigenvalue weighted by Gasteiger charge is 2.39. The number of hydrogen-bond acceptors (Lipinski definition) is 4. The van der Waals surface area contributed by atoms with E-state index in [0.29, 0.717) is 6.54 Å². The number of hydrogen-bond donors (Lipinski definition) is 1. The molecule has 6 nitrogen and oxygen atoms in total. The summed E-state index contributed by atoms with van der Waals surface area (Å²) in [5, 5.41) is 1.70. The van der Waals surface area contributed by atoms with E-state index in [1.54, 1.807) is 18.3 Å². The summed E-state index contributed by atoms with van der Waals surface area (Å²) in [5.74, 6) is 0. The van der Waals surface area contributed by atoms with E-state index in [1.165, 1.54) is 10.8 Å². The molecule has 0 radical (unpaired) electrons. The van der Waals surface area contributed by atoms with Gasteiger partial charge >= 0.3 is 0 Å². The number of benzene rings is 1. The molecule has 1 saturated heterocycles. The van der Waals surface area contributed by atoms with Crippen LogP contribution in [-0.4, -0.2) is 29.5 Å². The highest BCUT2D eigenvalue weighted by molar-refractivity contribution is 7.89. The minimum atomic E-state index is -3.60. The molecule has 1 aromatic carbocycles. The lowest BCUT2D eigenvalue weighted by Crippen LogP contribution is -2.31. The van der Waals surface area contributed by atoms with Gasteiger partial charge in [-0.1, -0.05) is 30.3 Å². The second-order valence-electron chi connectivity index (χ2n) is 4.49. The molecule has 2 unspecified atom stereocenters. The Labute approximate surface area is 111 Å². The van der Waals surface area contributed by atoms with Gasteiger partial charge in [-0.2, -0.15) is 0 Å². The molecule has 1 fully saturated rings. The zero-order valence-electron chi connectivity index (χ0n) is 10.4. The highest BCUT2D eigenvalue weighted by Crippen LogP contribution is 2.32. The normalized spacial score (nSPS) is 22.4. The van der Waals surface area contributed by atoms with Crippen LogP contribution in [0.2, 0.25) is 0 Å². The quantitative estimate of drug-likeness (QED) is 0.835. The van der Waals surface area contributed by atoms with Crippen molar-refractivity contribution < 1.29 is 8.42 Å². The SMILES string of the molecule is Cn1ccnc1S(=O)(=O)NN1CC1c1ccccc1. The fourth-order valence-corrected chi connectivity index (χ4v) is 3.24. The summed E-state index contributed by atoms with van der Waals surface area (Å²) in [6, 6.07) is 9.91. The van der Waals surface area contributed by atoms with Gasteiger partial charge in [0.25, 0.3) is 10.0 Å². The molecule has 0 aliphatic carbocycles. The van der Waals surface area contributed by atoms with E-state index in [4.69, 9.17) is 0 Å². The van der Waals surface area contributed by atoms with Crippen LogP contribution in [0.1, 0.15) is 11.6 Å². The number of rotatable bonds is 4. The third-order valence-corrected chi connectivity index (χ3v) is 4.40. The molecule has 2 atom stereocenters. The third-order valence-electron chi connectivity index (χ3n) is 3.05. The van der Waals surface area contributed by atoms with Gasteiger partial charge in [0, 0.05) is 26.0 Å². The van der Waals surface area contributed by atoms with Crippen molar-refractivity contribution in [1.29, 1.82) is 0 Å². The summed E-state index contributed by atoms with van der Waals surface area (Å²) < 4.78 is 25.7. The van der Waals surface area contributed by atoms with Gasteiger partial charge in [-0.05, 0) is 5.56 Å². The fourth-order valence-electron chi connectivity index (χ4n) is 2.01. The minimum absolute atomic E-state index is 0.0196. The van der Waals surface area contributed by atoms with Gasteiger partial charge in [0.2, 0.25) is 5.16 Å². The summed E-state index contributed by atoms with van der Waals surface area (Å²) >= 11 is 0. The molecule has 1 N–H and O–H groups in total. The average Bonchev–Trinajstić information content (AvgIpc) is 2.99. The largest absolute Gasteiger partial charge is 0.324 e. The zero-order chi connectivity index (χ0) is 13.5. The summed E-state index contributed by atoms with van der Waals surface area (Å²) in [7, 11) is -1.95. The zero-order valence-corrected chi connectivity index (χ0v) is 11.2. The smallest absolute Gasteiger partial charge is 0.287 e. The number of aryl methyl sites for hydroxylation is 1. The van der Waals surface area contributed by atoms with E-state index in [1.807, 2.05) is 30.3 Å². The van der Waals surface area contributed by atoms with E-state index in [-0.39, 0.29) is 11.2 Å². The maximum atomic E-state index is 12.1. The first-order valence-electron chi connectivity index (χ1n) is 5.89. The van der Waals surface area contributed by atoms with E-state index < -0.39 is 10.0 Å². The van der Waals surface area contributed by atoms with Crippen LogP contribution in [0.4, 0.5) is 0 Å².